The maximum Gasteiger partial charge on any atom is 0.490 e. The lowest BCUT2D eigenvalue weighted by Gasteiger charge is -2.38. The zero-order valence-corrected chi connectivity index (χ0v) is 17.6. The monoisotopic (exact) mass is 477 g/mol. The van der Waals surface area contributed by atoms with E-state index in [9.17, 15) is 26.7 Å². The smallest absolute Gasteiger partial charge is 0.475 e. The van der Waals surface area contributed by atoms with Crippen molar-refractivity contribution in [3.8, 4) is 0 Å². The number of halogens is 3. The molecule has 2 aromatic rings. The van der Waals surface area contributed by atoms with Crippen LogP contribution >= 0.6 is 0 Å². The fourth-order valence-corrected chi connectivity index (χ4v) is 5.21. The highest BCUT2D eigenvalue weighted by Crippen LogP contribution is 2.34. The van der Waals surface area contributed by atoms with Crippen LogP contribution in [0.5, 0.6) is 0 Å². The van der Waals surface area contributed by atoms with Crippen LogP contribution in [-0.4, -0.2) is 77.4 Å². The first-order valence-corrected chi connectivity index (χ1v) is 11.3. The summed E-state index contributed by atoms with van der Waals surface area (Å²) in [6, 6.07) is 9.55. The first kappa shape index (κ1) is 24.2. The predicted molar refractivity (Wildman–Crippen MR) is 105 cm³/mol. The second-order valence-corrected chi connectivity index (χ2v) is 9.37. The number of alkyl halides is 3. The molecule has 13 heteroatoms. The van der Waals surface area contributed by atoms with E-state index in [1.54, 1.807) is 6.07 Å². The Labute approximate surface area is 182 Å². The maximum absolute atomic E-state index is 12.5. The number of piperazine rings is 1. The average molecular weight is 477 g/mol. The third kappa shape index (κ3) is 5.65. The van der Waals surface area contributed by atoms with Gasteiger partial charge < -0.3 is 14.7 Å². The predicted octanol–water partition coefficient (Wildman–Crippen LogP) is 1.41. The topological polar surface area (TPSA) is 124 Å². The van der Waals surface area contributed by atoms with Crippen LogP contribution in [-0.2, 0) is 27.0 Å². The molecule has 1 fully saturated rings. The summed E-state index contributed by atoms with van der Waals surface area (Å²) >= 11 is 0. The SMILES string of the molecule is O=C(O)C(F)(F)F.O=S(=O)(Cc1ccon1)N1CCN(C2Cc3ccccc3[C@@H]2O)CC1. The molecule has 0 radical (unpaired) electrons. The summed E-state index contributed by atoms with van der Waals surface area (Å²) in [6.45, 7) is 2.10. The Morgan fingerprint density at radius 2 is 1.78 bits per heavy atom. The number of carbonyl (C=O) groups is 1. The third-order valence-electron chi connectivity index (χ3n) is 5.37. The Kier molecular flexibility index (Phi) is 7.22. The molecular weight excluding hydrogens is 455 g/mol. The lowest BCUT2D eigenvalue weighted by Crippen LogP contribution is -2.53. The zero-order chi connectivity index (χ0) is 23.5. The van der Waals surface area contributed by atoms with E-state index in [1.807, 2.05) is 18.2 Å². The van der Waals surface area contributed by atoms with Crippen molar-refractivity contribution in [1.82, 2.24) is 14.4 Å². The normalized spacial score (nSPS) is 22.1. The molecule has 2 atom stereocenters. The summed E-state index contributed by atoms with van der Waals surface area (Å²) in [5.41, 5.74) is 2.60. The summed E-state index contributed by atoms with van der Waals surface area (Å²) in [4.78, 5) is 11.1. The van der Waals surface area contributed by atoms with Gasteiger partial charge in [-0.05, 0) is 17.5 Å². The van der Waals surface area contributed by atoms with E-state index in [-0.39, 0.29) is 11.8 Å². The van der Waals surface area contributed by atoms with E-state index in [4.69, 9.17) is 14.4 Å². The summed E-state index contributed by atoms with van der Waals surface area (Å²) in [6.07, 6.45) is -3.40. The number of aromatic nitrogens is 1. The van der Waals surface area contributed by atoms with Crippen molar-refractivity contribution in [2.75, 3.05) is 26.2 Å². The molecule has 2 N–H and O–H groups in total. The van der Waals surface area contributed by atoms with Crippen LogP contribution in [0.2, 0.25) is 0 Å². The molecule has 0 bridgehead atoms. The standard InChI is InChI=1S/C17H21N3O4S.C2HF3O2/c21-17-15-4-2-1-3-13(15)11-16(17)19-6-8-20(9-7-19)25(22,23)12-14-5-10-24-18-14;3-2(4,5)1(6)7/h1-5,10,16-17,21H,6-9,11-12H2;(H,6,7)/t16?,17-;/m0./s1. The molecule has 1 aromatic heterocycles. The van der Waals surface area contributed by atoms with Crippen molar-refractivity contribution in [3.63, 3.8) is 0 Å². The van der Waals surface area contributed by atoms with Crippen LogP contribution in [0.25, 0.3) is 0 Å². The van der Waals surface area contributed by atoms with Crippen molar-refractivity contribution in [2.24, 2.45) is 0 Å². The van der Waals surface area contributed by atoms with Gasteiger partial charge in [-0.15, -0.1) is 0 Å². The van der Waals surface area contributed by atoms with E-state index in [1.165, 1.54) is 16.1 Å². The first-order chi connectivity index (χ1) is 15.0. The highest BCUT2D eigenvalue weighted by atomic mass is 32.2. The van der Waals surface area contributed by atoms with Crippen molar-refractivity contribution >= 4 is 16.0 Å². The summed E-state index contributed by atoms with van der Waals surface area (Å²) in [5.74, 6) is -2.89. The fraction of sp³-hybridized carbons (Fsp3) is 0.474. The number of aliphatic hydroxyl groups excluding tert-OH is 1. The minimum absolute atomic E-state index is 0.0257. The maximum atomic E-state index is 12.5. The molecule has 2 aliphatic rings. The summed E-state index contributed by atoms with van der Waals surface area (Å²) < 4.78 is 62.9. The van der Waals surface area contributed by atoms with Crippen LogP contribution in [0.1, 0.15) is 22.9 Å². The first-order valence-electron chi connectivity index (χ1n) is 9.66. The second kappa shape index (κ2) is 9.57. The van der Waals surface area contributed by atoms with Crippen LogP contribution in [0.4, 0.5) is 13.2 Å². The molecule has 1 saturated heterocycles. The largest absolute Gasteiger partial charge is 0.490 e. The Bertz CT molecular complexity index is 1020. The second-order valence-electron chi connectivity index (χ2n) is 7.40. The molecule has 1 unspecified atom stereocenters. The van der Waals surface area contributed by atoms with E-state index < -0.39 is 28.3 Å². The van der Waals surface area contributed by atoms with Gasteiger partial charge in [-0.25, -0.2) is 13.2 Å². The number of rotatable bonds is 4. The van der Waals surface area contributed by atoms with Gasteiger partial charge in [0.15, 0.2) is 0 Å². The Morgan fingerprint density at radius 3 is 2.31 bits per heavy atom. The lowest BCUT2D eigenvalue weighted by atomic mass is 10.1. The van der Waals surface area contributed by atoms with Gasteiger partial charge in [0.1, 0.15) is 12.0 Å². The van der Waals surface area contributed by atoms with Gasteiger partial charge in [-0.1, -0.05) is 29.4 Å². The molecule has 2 heterocycles. The van der Waals surface area contributed by atoms with Gasteiger partial charge in [-0.3, -0.25) is 4.90 Å². The number of aliphatic hydroxyl groups is 1. The fourth-order valence-electron chi connectivity index (χ4n) is 3.79. The quantitative estimate of drug-likeness (QED) is 0.678. The molecule has 1 aliphatic heterocycles. The van der Waals surface area contributed by atoms with Crippen molar-refractivity contribution in [2.45, 2.75) is 30.5 Å². The highest BCUT2D eigenvalue weighted by Gasteiger charge is 2.39. The Balaban J connectivity index is 0.000000360. The Morgan fingerprint density at radius 1 is 1.16 bits per heavy atom. The molecule has 9 nitrogen and oxygen atoms in total. The number of carboxylic acid groups (broad SMARTS) is 1. The van der Waals surface area contributed by atoms with Gasteiger partial charge in [0.2, 0.25) is 10.0 Å². The molecule has 1 aromatic carbocycles. The number of benzene rings is 1. The number of carboxylic acids is 1. The number of sulfonamides is 1. The van der Waals surface area contributed by atoms with E-state index in [0.29, 0.717) is 31.9 Å². The van der Waals surface area contributed by atoms with Gasteiger partial charge in [0.05, 0.1) is 11.8 Å². The molecular formula is C19H22F3N3O6S. The molecule has 1 aliphatic carbocycles. The van der Waals surface area contributed by atoms with Crippen molar-refractivity contribution in [1.29, 1.82) is 0 Å². The average Bonchev–Trinajstić information content (AvgIpc) is 3.35. The number of hydrogen-bond acceptors (Lipinski definition) is 7. The highest BCUT2D eigenvalue weighted by molar-refractivity contribution is 7.88. The van der Waals surface area contributed by atoms with Gasteiger partial charge in [0, 0.05) is 38.3 Å². The van der Waals surface area contributed by atoms with Crippen LogP contribution in [0, 0.1) is 0 Å². The van der Waals surface area contributed by atoms with Crippen LogP contribution in [0.3, 0.4) is 0 Å². The van der Waals surface area contributed by atoms with Crippen LogP contribution in [0.15, 0.2) is 41.1 Å². The summed E-state index contributed by atoms with van der Waals surface area (Å²) in [5, 5.41) is 21.4. The summed E-state index contributed by atoms with van der Waals surface area (Å²) in [7, 11) is -3.40. The lowest BCUT2D eigenvalue weighted by molar-refractivity contribution is -0.192. The Hall–Kier alpha value is -2.48. The number of hydrogen-bond donors (Lipinski definition) is 2. The van der Waals surface area contributed by atoms with Crippen molar-refractivity contribution < 1.29 is 41.1 Å². The van der Waals surface area contributed by atoms with Crippen LogP contribution < -0.4 is 0 Å². The minimum Gasteiger partial charge on any atom is -0.475 e. The number of fused-ring (bicyclic) bond motifs is 1. The molecule has 32 heavy (non-hydrogen) atoms. The van der Waals surface area contributed by atoms with Crippen molar-refractivity contribution in [3.05, 3.63) is 53.4 Å². The van der Waals surface area contributed by atoms with E-state index >= 15 is 0 Å². The molecule has 0 spiro atoms. The zero-order valence-electron chi connectivity index (χ0n) is 16.8. The number of aliphatic carboxylic acids is 1. The molecule has 4 rings (SSSR count). The molecule has 0 saturated carbocycles. The minimum atomic E-state index is -5.08. The van der Waals surface area contributed by atoms with Gasteiger partial charge in [-0.2, -0.15) is 17.5 Å². The van der Waals surface area contributed by atoms with E-state index in [2.05, 4.69) is 16.1 Å². The third-order valence-corrected chi connectivity index (χ3v) is 7.18. The number of nitrogens with zero attached hydrogens (tertiary/aromatic N) is 3. The van der Waals surface area contributed by atoms with Gasteiger partial charge >= 0.3 is 12.1 Å². The van der Waals surface area contributed by atoms with E-state index in [0.717, 1.165) is 12.0 Å². The van der Waals surface area contributed by atoms with Gasteiger partial charge in [0.25, 0.3) is 0 Å². The molecule has 0 amide bonds. The molecule has 176 valence electrons.